The Morgan fingerprint density at radius 1 is 1.37 bits per heavy atom. The number of rotatable bonds is 7. The molecule has 5 N–H and O–H groups in total. The van der Waals surface area contributed by atoms with Crippen LogP contribution in [0.25, 0.3) is 0 Å². The quantitative estimate of drug-likeness (QED) is 0.274. The van der Waals surface area contributed by atoms with Gasteiger partial charge in [0.1, 0.15) is 5.54 Å². The summed E-state index contributed by atoms with van der Waals surface area (Å²) in [5, 5.41) is 18.2. The van der Waals surface area contributed by atoms with Crippen molar-refractivity contribution in [2.24, 2.45) is 11.0 Å². The maximum Gasteiger partial charge on any atom is 0.322 e. The SMILES string of the molecule is N=C/C(=N\Nc1ccc(F)c(F)c1)C(=O)NC[C@@]1(C2CC2)NC(=O)NC1=O.[HH].[HH].[HH]. The molecule has 4 amide bonds. The number of carbonyl (C=O) groups excluding carboxylic acids is 3. The van der Waals surface area contributed by atoms with Crippen LogP contribution in [-0.2, 0) is 9.59 Å². The predicted molar refractivity (Wildman–Crippen MR) is 97.7 cm³/mol. The molecule has 0 bridgehead atoms. The first-order valence-corrected chi connectivity index (χ1v) is 8.07. The number of nitrogens with one attached hydrogen (secondary N) is 5. The first-order chi connectivity index (χ1) is 12.9. The Morgan fingerprint density at radius 2 is 2.11 bits per heavy atom. The lowest BCUT2D eigenvalue weighted by Crippen LogP contribution is -2.57. The summed E-state index contributed by atoms with van der Waals surface area (Å²) in [5.74, 6) is -3.48. The molecule has 1 saturated carbocycles. The summed E-state index contributed by atoms with van der Waals surface area (Å²) in [4.78, 5) is 35.8. The van der Waals surface area contributed by atoms with Crippen LogP contribution in [0.15, 0.2) is 23.3 Å². The highest BCUT2D eigenvalue weighted by Crippen LogP contribution is 2.40. The van der Waals surface area contributed by atoms with Crippen molar-refractivity contribution in [1.82, 2.24) is 16.0 Å². The largest absolute Gasteiger partial charge is 0.348 e. The summed E-state index contributed by atoms with van der Waals surface area (Å²) in [5.41, 5.74) is 0.868. The van der Waals surface area contributed by atoms with Crippen LogP contribution in [-0.4, -0.2) is 41.9 Å². The van der Waals surface area contributed by atoms with Gasteiger partial charge >= 0.3 is 6.03 Å². The number of hydrazone groups is 1. The van der Waals surface area contributed by atoms with Crippen molar-refractivity contribution >= 4 is 35.5 Å². The van der Waals surface area contributed by atoms with Crippen LogP contribution in [0.4, 0.5) is 19.3 Å². The molecule has 1 saturated heterocycles. The first kappa shape index (κ1) is 18.4. The average molecular weight is 384 g/mol. The lowest BCUT2D eigenvalue weighted by atomic mass is 9.93. The molecule has 11 heteroatoms. The molecule has 148 valence electrons. The van der Waals surface area contributed by atoms with Gasteiger partial charge in [0.2, 0.25) is 0 Å². The van der Waals surface area contributed by atoms with Gasteiger partial charge < -0.3 is 16.0 Å². The third kappa shape index (κ3) is 3.76. The van der Waals surface area contributed by atoms with Crippen molar-refractivity contribution < 1.29 is 27.4 Å². The third-order valence-electron chi connectivity index (χ3n) is 4.37. The van der Waals surface area contributed by atoms with Gasteiger partial charge in [0.15, 0.2) is 17.3 Å². The van der Waals surface area contributed by atoms with Crippen molar-refractivity contribution in [1.29, 1.82) is 5.41 Å². The van der Waals surface area contributed by atoms with Crippen LogP contribution in [0.3, 0.4) is 0 Å². The van der Waals surface area contributed by atoms with E-state index in [-0.39, 0.29) is 28.1 Å². The number of nitrogens with zero attached hydrogens (tertiary/aromatic N) is 1. The number of benzene rings is 1. The van der Waals surface area contributed by atoms with E-state index < -0.39 is 35.0 Å². The molecule has 0 aromatic heterocycles. The van der Waals surface area contributed by atoms with Crippen molar-refractivity contribution in [3.8, 4) is 0 Å². The molecular weight excluding hydrogens is 362 g/mol. The highest BCUT2D eigenvalue weighted by molar-refractivity contribution is 6.60. The molecule has 0 unspecified atom stereocenters. The summed E-state index contributed by atoms with van der Waals surface area (Å²) in [7, 11) is 0. The van der Waals surface area contributed by atoms with Gasteiger partial charge in [-0.2, -0.15) is 5.10 Å². The highest BCUT2D eigenvalue weighted by atomic mass is 19.2. The zero-order valence-electron chi connectivity index (χ0n) is 13.9. The minimum Gasteiger partial charge on any atom is -0.348 e. The Balaban J connectivity index is 0.00000280. The second-order valence-corrected chi connectivity index (χ2v) is 6.22. The van der Waals surface area contributed by atoms with Crippen LogP contribution in [0, 0.1) is 23.0 Å². The van der Waals surface area contributed by atoms with Gasteiger partial charge in [0.25, 0.3) is 11.8 Å². The first-order valence-electron chi connectivity index (χ1n) is 8.07. The standard InChI is InChI=1S/C16H16F2N6O3.3H2/c17-10-4-3-9(5-11(10)18)23-24-12(6-19)13(25)20-7-16(8-1-2-8)14(26)21-15(27)22-16;;;/h3-6,8,19,23H,1-2,7H2,(H,20,25)(H2,21,22,26,27);3*1H/b19-6?,24-12+;;;/t16-;;;/m0.../s1. The molecule has 2 fully saturated rings. The minimum absolute atomic E-state index is 0. The number of amides is 4. The van der Waals surface area contributed by atoms with E-state index in [1.54, 1.807) is 0 Å². The molecule has 2 aliphatic rings. The second-order valence-electron chi connectivity index (χ2n) is 6.22. The number of hydrogen-bond acceptors (Lipinski definition) is 6. The van der Waals surface area contributed by atoms with E-state index in [0.29, 0.717) is 6.21 Å². The lowest BCUT2D eigenvalue weighted by molar-refractivity contribution is -0.125. The van der Waals surface area contributed by atoms with Crippen LogP contribution in [0.2, 0.25) is 0 Å². The fourth-order valence-electron chi connectivity index (χ4n) is 2.79. The zero-order valence-corrected chi connectivity index (χ0v) is 13.9. The zero-order chi connectivity index (χ0) is 19.6. The van der Waals surface area contributed by atoms with Gasteiger partial charge in [-0.3, -0.25) is 20.3 Å². The Bertz CT molecular complexity index is 869. The van der Waals surface area contributed by atoms with E-state index in [1.165, 1.54) is 6.07 Å². The van der Waals surface area contributed by atoms with Gasteiger partial charge in [-0.25, -0.2) is 13.6 Å². The molecule has 1 aliphatic carbocycles. The van der Waals surface area contributed by atoms with Crippen molar-refractivity contribution in [3.05, 3.63) is 29.8 Å². The van der Waals surface area contributed by atoms with Crippen molar-refractivity contribution in [3.63, 3.8) is 0 Å². The summed E-state index contributed by atoms with van der Waals surface area (Å²) in [6.07, 6.45) is 2.15. The van der Waals surface area contributed by atoms with Gasteiger partial charge in [-0.15, -0.1) is 0 Å². The smallest absolute Gasteiger partial charge is 0.322 e. The maximum absolute atomic E-state index is 13.2. The van der Waals surface area contributed by atoms with E-state index in [1.807, 2.05) is 0 Å². The van der Waals surface area contributed by atoms with Gasteiger partial charge in [-0.1, -0.05) is 0 Å². The van der Waals surface area contributed by atoms with Crippen LogP contribution in [0.1, 0.15) is 17.1 Å². The number of imide groups is 1. The normalized spacial score (nSPS) is 22.1. The molecule has 1 aliphatic heterocycles. The summed E-state index contributed by atoms with van der Waals surface area (Å²) in [6.45, 7) is -0.161. The Labute approximate surface area is 156 Å². The molecule has 1 aromatic rings. The summed E-state index contributed by atoms with van der Waals surface area (Å²) < 4.78 is 26.1. The molecule has 3 rings (SSSR count). The number of urea groups is 1. The van der Waals surface area contributed by atoms with Gasteiger partial charge in [-0.05, 0) is 30.9 Å². The van der Waals surface area contributed by atoms with Gasteiger partial charge in [0.05, 0.1) is 18.4 Å². The molecule has 27 heavy (non-hydrogen) atoms. The molecule has 1 aromatic carbocycles. The number of hydrogen-bond donors (Lipinski definition) is 5. The maximum atomic E-state index is 13.2. The predicted octanol–water partition coefficient (Wildman–Crippen LogP) is 1.22. The number of halogens is 2. The third-order valence-corrected chi connectivity index (χ3v) is 4.37. The van der Waals surface area contributed by atoms with Crippen molar-refractivity contribution in [2.45, 2.75) is 18.4 Å². The second kappa shape index (κ2) is 7.09. The van der Waals surface area contributed by atoms with E-state index >= 15 is 0 Å². The molecule has 0 radical (unpaired) electrons. The number of carbonyl (C=O) groups is 3. The fraction of sp³-hybridized carbons (Fsp3) is 0.312. The molecule has 1 heterocycles. The number of anilines is 1. The Kier molecular flexibility index (Phi) is 4.84. The molecule has 1 atom stereocenters. The van der Waals surface area contributed by atoms with Crippen LogP contribution >= 0.6 is 0 Å². The Morgan fingerprint density at radius 3 is 2.67 bits per heavy atom. The molecule has 0 spiro atoms. The van der Waals surface area contributed by atoms with E-state index in [9.17, 15) is 23.2 Å². The summed E-state index contributed by atoms with van der Waals surface area (Å²) in [6, 6.07) is 2.32. The summed E-state index contributed by atoms with van der Waals surface area (Å²) >= 11 is 0. The van der Waals surface area contributed by atoms with Gasteiger partial charge in [0, 0.05) is 10.3 Å². The Hall–Kier alpha value is -3.37. The lowest BCUT2D eigenvalue weighted by Gasteiger charge is -2.26. The van der Waals surface area contributed by atoms with E-state index in [2.05, 4.69) is 26.5 Å². The molecular formula is C16H22F2N6O3. The van der Waals surface area contributed by atoms with Crippen LogP contribution < -0.4 is 21.4 Å². The fourth-order valence-corrected chi connectivity index (χ4v) is 2.79. The highest BCUT2D eigenvalue weighted by Gasteiger charge is 2.56. The van der Waals surface area contributed by atoms with E-state index in [4.69, 9.17) is 5.41 Å². The minimum atomic E-state index is -1.21. The molecule has 9 nitrogen and oxygen atoms in total. The topological polar surface area (TPSA) is 136 Å². The monoisotopic (exact) mass is 384 g/mol. The van der Waals surface area contributed by atoms with Crippen LogP contribution in [0.5, 0.6) is 0 Å². The van der Waals surface area contributed by atoms with Crippen molar-refractivity contribution in [2.75, 3.05) is 12.0 Å². The van der Waals surface area contributed by atoms with E-state index in [0.717, 1.165) is 25.0 Å². The average Bonchev–Trinajstić information content (AvgIpc) is 3.43.